The molecule has 1 N–H and O–H groups in total. The van der Waals surface area contributed by atoms with Crippen LogP contribution in [-0.4, -0.2) is 92.6 Å². The fourth-order valence-corrected chi connectivity index (χ4v) is 4.29. The predicted molar refractivity (Wildman–Crippen MR) is 138 cm³/mol. The third kappa shape index (κ3) is 6.63. The summed E-state index contributed by atoms with van der Waals surface area (Å²) in [5.41, 5.74) is 1.10. The molecule has 1 aromatic carbocycles. The van der Waals surface area contributed by atoms with Gasteiger partial charge in [-0.25, -0.2) is 0 Å². The Morgan fingerprint density at radius 1 is 1.09 bits per heavy atom. The highest BCUT2D eigenvalue weighted by atomic mass is 127. The standard InChI is InChI=1S/C23H37N5O3.HI/c1-5-31-20-9-8-19(16-21(20)30-4)17-25-23(24-3)28-14-12-26(13-15-28)18(2)22(29)27-10-6-7-11-27;/h8-9,16,18H,5-7,10-15,17H2,1-4H3,(H,24,25);1H. The highest BCUT2D eigenvalue weighted by Gasteiger charge is 2.30. The van der Waals surface area contributed by atoms with Crippen LogP contribution in [0.5, 0.6) is 11.5 Å². The Hall–Kier alpha value is -1.75. The zero-order valence-corrected chi connectivity index (χ0v) is 22.1. The Bertz CT molecular complexity index is 762. The first-order valence-electron chi connectivity index (χ1n) is 11.4. The van der Waals surface area contributed by atoms with Crippen molar-refractivity contribution in [2.45, 2.75) is 39.3 Å². The molecular weight excluding hydrogens is 521 g/mol. The molecule has 1 unspecified atom stereocenters. The number of aliphatic imine (C=N–C) groups is 1. The van der Waals surface area contributed by atoms with Crippen molar-refractivity contribution in [3.63, 3.8) is 0 Å². The zero-order chi connectivity index (χ0) is 22.2. The number of amides is 1. The Morgan fingerprint density at radius 2 is 1.78 bits per heavy atom. The van der Waals surface area contributed by atoms with Crippen LogP contribution in [0.15, 0.2) is 23.2 Å². The second-order valence-corrected chi connectivity index (χ2v) is 8.05. The number of hydrogen-bond donors (Lipinski definition) is 1. The minimum atomic E-state index is -0.0495. The van der Waals surface area contributed by atoms with Crippen molar-refractivity contribution in [3.8, 4) is 11.5 Å². The van der Waals surface area contributed by atoms with Gasteiger partial charge in [0.05, 0.1) is 19.8 Å². The number of rotatable bonds is 7. The summed E-state index contributed by atoms with van der Waals surface area (Å²) in [6.45, 7) is 10.5. The molecule has 3 rings (SSSR count). The van der Waals surface area contributed by atoms with Gasteiger partial charge in [0.2, 0.25) is 5.91 Å². The minimum absolute atomic E-state index is 0. The van der Waals surface area contributed by atoms with Gasteiger partial charge in [-0.2, -0.15) is 0 Å². The molecule has 180 valence electrons. The van der Waals surface area contributed by atoms with Crippen molar-refractivity contribution in [1.29, 1.82) is 0 Å². The van der Waals surface area contributed by atoms with Crippen LogP contribution in [-0.2, 0) is 11.3 Å². The molecule has 0 spiro atoms. The lowest BCUT2D eigenvalue weighted by molar-refractivity contribution is -0.135. The van der Waals surface area contributed by atoms with Gasteiger partial charge in [0.1, 0.15) is 0 Å². The lowest BCUT2D eigenvalue weighted by atomic mass is 10.2. The normalized spacial score (nSPS) is 18.2. The van der Waals surface area contributed by atoms with Crippen LogP contribution in [0, 0.1) is 0 Å². The van der Waals surface area contributed by atoms with E-state index in [0.29, 0.717) is 13.2 Å². The quantitative estimate of drug-likeness (QED) is 0.315. The van der Waals surface area contributed by atoms with E-state index in [1.54, 1.807) is 7.11 Å². The van der Waals surface area contributed by atoms with Gasteiger partial charge in [-0.1, -0.05) is 6.07 Å². The Labute approximate surface area is 209 Å². The first-order valence-corrected chi connectivity index (χ1v) is 11.4. The van der Waals surface area contributed by atoms with Gasteiger partial charge in [0.15, 0.2) is 17.5 Å². The van der Waals surface area contributed by atoms with Gasteiger partial charge < -0.3 is 24.6 Å². The molecule has 1 aromatic rings. The fourth-order valence-electron chi connectivity index (χ4n) is 4.29. The number of ether oxygens (including phenoxy) is 2. The summed E-state index contributed by atoms with van der Waals surface area (Å²) < 4.78 is 11.0. The molecule has 32 heavy (non-hydrogen) atoms. The molecule has 2 fully saturated rings. The Balaban J connectivity index is 0.00000363. The number of nitrogens with one attached hydrogen (secondary N) is 1. The first kappa shape index (κ1) is 26.5. The monoisotopic (exact) mass is 559 g/mol. The number of guanidine groups is 1. The molecule has 2 saturated heterocycles. The van der Waals surface area contributed by atoms with Crippen molar-refractivity contribution >= 4 is 35.8 Å². The second kappa shape index (κ2) is 13.1. The number of piperazine rings is 1. The highest BCUT2D eigenvalue weighted by Crippen LogP contribution is 2.28. The summed E-state index contributed by atoms with van der Waals surface area (Å²) in [5.74, 6) is 2.65. The third-order valence-corrected chi connectivity index (χ3v) is 6.13. The van der Waals surface area contributed by atoms with Crippen LogP contribution < -0.4 is 14.8 Å². The van der Waals surface area contributed by atoms with E-state index in [-0.39, 0.29) is 35.9 Å². The molecule has 1 atom stereocenters. The van der Waals surface area contributed by atoms with E-state index in [0.717, 1.165) is 75.1 Å². The topological polar surface area (TPSA) is 69.6 Å². The Morgan fingerprint density at radius 3 is 2.38 bits per heavy atom. The molecule has 2 aliphatic rings. The molecule has 2 aliphatic heterocycles. The number of hydrogen-bond acceptors (Lipinski definition) is 5. The molecule has 0 aromatic heterocycles. The van der Waals surface area contributed by atoms with E-state index in [2.05, 4.69) is 20.1 Å². The van der Waals surface area contributed by atoms with Crippen LogP contribution in [0.1, 0.15) is 32.3 Å². The molecule has 1 amide bonds. The number of nitrogens with zero attached hydrogens (tertiary/aromatic N) is 4. The number of benzene rings is 1. The van der Waals surface area contributed by atoms with Gasteiger partial charge >= 0.3 is 0 Å². The van der Waals surface area contributed by atoms with Gasteiger partial charge in [0, 0.05) is 52.9 Å². The van der Waals surface area contributed by atoms with Crippen molar-refractivity contribution in [1.82, 2.24) is 20.0 Å². The minimum Gasteiger partial charge on any atom is -0.493 e. The molecular formula is C23H38IN5O3. The maximum atomic E-state index is 12.7. The van der Waals surface area contributed by atoms with Gasteiger partial charge in [0.25, 0.3) is 0 Å². The maximum absolute atomic E-state index is 12.7. The number of methoxy groups -OCH3 is 1. The molecule has 0 saturated carbocycles. The summed E-state index contributed by atoms with van der Waals surface area (Å²) in [6.07, 6.45) is 2.27. The van der Waals surface area contributed by atoms with E-state index in [1.807, 2.05) is 44.0 Å². The summed E-state index contributed by atoms with van der Waals surface area (Å²) in [7, 11) is 3.47. The Kier molecular flexibility index (Phi) is 10.8. The van der Waals surface area contributed by atoms with Crippen molar-refractivity contribution < 1.29 is 14.3 Å². The molecule has 0 radical (unpaired) electrons. The average molecular weight is 559 g/mol. The van der Waals surface area contributed by atoms with Crippen molar-refractivity contribution in [2.75, 3.05) is 60.0 Å². The number of halogens is 1. The first-order chi connectivity index (χ1) is 15.1. The second-order valence-electron chi connectivity index (χ2n) is 8.05. The van der Waals surface area contributed by atoms with Crippen molar-refractivity contribution in [3.05, 3.63) is 23.8 Å². The lowest BCUT2D eigenvalue weighted by Gasteiger charge is -2.39. The van der Waals surface area contributed by atoms with Crippen molar-refractivity contribution in [2.24, 2.45) is 4.99 Å². The largest absolute Gasteiger partial charge is 0.493 e. The van der Waals surface area contributed by atoms with Crippen LogP contribution >= 0.6 is 24.0 Å². The molecule has 0 bridgehead atoms. The summed E-state index contributed by atoms with van der Waals surface area (Å²) in [5, 5.41) is 3.46. The smallest absolute Gasteiger partial charge is 0.239 e. The molecule has 8 nitrogen and oxygen atoms in total. The zero-order valence-electron chi connectivity index (χ0n) is 19.8. The van der Waals surface area contributed by atoms with Gasteiger partial charge in [-0.3, -0.25) is 14.7 Å². The maximum Gasteiger partial charge on any atom is 0.239 e. The van der Waals surface area contributed by atoms with E-state index >= 15 is 0 Å². The summed E-state index contributed by atoms with van der Waals surface area (Å²) >= 11 is 0. The molecule has 9 heteroatoms. The highest BCUT2D eigenvalue weighted by molar-refractivity contribution is 14.0. The van der Waals surface area contributed by atoms with Crippen LogP contribution in [0.3, 0.4) is 0 Å². The third-order valence-electron chi connectivity index (χ3n) is 6.13. The molecule has 2 heterocycles. The average Bonchev–Trinajstić information content (AvgIpc) is 3.35. The number of carbonyl (C=O) groups excluding carboxylic acids is 1. The van der Waals surface area contributed by atoms with E-state index < -0.39 is 0 Å². The predicted octanol–water partition coefficient (Wildman–Crippen LogP) is 2.42. The van der Waals surface area contributed by atoms with Crippen LogP contribution in [0.4, 0.5) is 0 Å². The number of likely N-dealkylation sites (tertiary alicyclic amines) is 1. The van der Waals surface area contributed by atoms with Crippen LogP contribution in [0.25, 0.3) is 0 Å². The molecule has 0 aliphatic carbocycles. The van der Waals surface area contributed by atoms with Crippen LogP contribution in [0.2, 0.25) is 0 Å². The number of carbonyl (C=O) groups is 1. The fraction of sp³-hybridized carbons (Fsp3) is 0.652. The van der Waals surface area contributed by atoms with Gasteiger partial charge in [-0.05, 0) is 44.4 Å². The van der Waals surface area contributed by atoms with E-state index in [4.69, 9.17) is 9.47 Å². The van der Waals surface area contributed by atoms with Gasteiger partial charge in [-0.15, -0.1) is 24.0 Å². The van der Waals surface area contributed by atoms with E-state index in [9.17, 15) is 4.79 Å². The summed E-state index contributed by atoms with van der Waals surface area (Å²) in [4.78, 5) is 23.7. The lowest BCUT2D eigenvalue weighted by Crippen LogP contribution is -2.57. The SMILES string of the molecule is CCOc1ccc(CNC(=NC)N2CCN(C(C)C(=O)N3CCCC3)CC2)cc1OC.I. The summed E-state index contributed by atoms with van der Waals surface area (Å²) in [6, 6.07) is 5.93. The van der Waals surface area contributed by atoms with E-state index in [1.165, 1.54) is 0 Å².